The van der Waals surface area contributed by atoms with Gasteiger partial charge in [0.25, 0.3) is 5.91 Å². The van der Waals surface area contributed by atoms with E-state index in [1.807, 2.05) is 12.1 Å². The Balaban J connectivity index is 1.88. The van der Waals surface area contributed by atoms with Gasteiger partial charge in [0.15, 0.2) is 0 Å². The molecule has 2 amide bonds. The van der Waals surface area contributed by atoms with E-state index in [-0.39, 0.29) is 11.8 Å². The third-order valence-corrected chi connectivity index (χ3v) is 3.11. The molecule has 1 atom stereocenters. The molecule has 6 heteroatoms. The summed E-state index contributed by atoms with van der Waals surface area (Å²) in [5, 5.41) is 6.53. The Bertz CT molecular complexity index is 511. The van der Waals surface area contributed by atoms with Crippen molar-refractivity contribution >= 4 is 18.0 Å². The Morgan fingerprint density at radius 3 is 2.85 bits per heavy atom. The van der Waals surface area contributed by atoms with Crippen molar-refractivity contribution in [1.82, 2.24) is 10.7 Å². The number of ether oxygens (including phenoxy) is 1. The van der Waals surface area contributed by atoms with Crippen LogP contribution in [0.25, 0.3) is 0 Å². The summed E-state index contributed by atoms with van der Waals surface area (Å²) in [5.41, 5.74) is 3.23. The van der Waals surface area contributed by atoms with Crippen molar-refractivity contribution in [3.05, 3.63) is 29.8 Å². The van der Waals surface area contributed by atoms with E-state index in [4.69, 9.17) is 4.74 Å². The Morgan fingerprint density at radius 1 is 1.45 bits per heavy atom. The molecule has 1 aliphatic rings. The molecule has 1 saturated heterocycles. The van der Waals surface area contributed by atoms with E-state index in [0.717, 1.165) is 17.7 Å². The van der Waals surface area contributed by atoms with Gasteiger partial charge in [0.2, 0.25) is 5.91 Å². The summed E-state index contributed by atoms with van der Waals surface area (Å²) < 4.78 is 5.04. The van der Waals surface area contributed by atoms with Gasteiger partial charge in [-0.1, -0.05) is 0 Å². The zero-order valence-corrected chi connectivity index (χ0v) is 11.3. The fourth-order valence-corrected chi connectivity index (χ4v) is 1.96. The minimum atomic E-state index is -0.642. The molecule has 0 radical (unpaired) electrons. The molecule has 1 aromatic rings. The van der Waals surface area contributed by atoms with Crippen molar-refractivity contribution in [1.29, 1.82) is 0 Å². The number of hydrogen-bond acceptors (Lipinski definition) is 4. The first kappa shape index (κ1) is 14.0. The van der Waals surface area contributed by atoms with Gasteiger partial charge >= 0.3 is 0 Å². The number of hydrogen-bond donors (Lipinski definition) is 2. The lowest BCUT2D eigenvalue weighted by Crippen LogP contribution is -2.43. The van der Waals surface area contributed by atoms with Crippen LogP contribution in [0.3, 0.4) is 0 Å². The number of carbonyl (C=O) groups excluding carboxylic acids is 2. The van der Waals surface area contributed by atoms with Crippen molar-refractivity contribution in [3.8, 4) is 5.75 Å². The van der Waals surface area contributed by atoms with Crippen molar-refractivity contribution < 1.29 is 14.3 Å². The molecule has 0 bridgehead atoms. The molecular formula is C14H17N3O3. The van der Waals surface area contributed by atoms with Crippen molar-refractivity contribution in [2.45, 2.75) is 12.8 Å². The highest BCUT2D eigenvalue weighted by Gasteiger charge is 2.28. The maximum Gasteiger partial charge on any atom is 0.252 e. The first-order chi connectivity index (χ1) is 9.70. The van der Waals surface area contributed by atoms with E-state index in [0.29, 0.717) is 13.0 Å². The van der Waals surface area contributed by atoms with Crippen LogP contribution >= 0.6 is 0 Å². The van der Waals surface area contributed by atoms with Crippen molar-refractivity contribution in [2.75, 3.05) is 13.7 Å². The van der Waals surface area contributed by atoms with E-state index >= 15 is 0 Å². The Kier molecular flexibility index (Phi) is 4.70. The maximum atomic E-state index is 11.8. The number of hydrazone groups is 1. The molecule has 106 valence electrons. The summed E-state index contributed by atoms with van der Waals surface area (Å²) in [6.07, 6.45) is 2.90. The van der Waals surface area contributed by atoms with Crippen LogP contribution in [0.5, 0.6) is 5.75 Å². The highest BCUT2D eigenvalue weighted by atomic mass is 16.5. The topological polar surface area (TPSA) is 79.8 Å². The molecule has 1 aliphatic heterocycles. The standard InChI is InChI=1S/C14H17N3O3/c1-20-11-6-4-10(5-7-11)9-16-17-14(19)12-3-2-8-15-13(12)18/h4-7,9,12H,2-3,8H2,1H3,(H,15,18)(H,17,19)/b16-9-/t12-/m0/s1. The van der Waals surface area contributed by atoms with Crippen molar-refractivity contribution in [3.63, 3.8) is 0 Å². The van der Waals surface area contributed by atoms with Gasteiger partial charge in [-0.2, -0.15) is 5.10 Å². The second-order valence-electron chi connectivity index (χ2n) is 4.49. The van der Waals surface area contributed by atoms with E-state index in [9.17, 15) is 9.59 Å². The summed E-state index contributed by atoms with van der Waals surface area (Å²) in [6, 6.07) is 7.25. The van der Waals surface area contributed by atoms with Crippen molar-refractivity contribution in [2.24, 2.45) is 11.0 Å². The molecule has 2 rings (SSSR count). The van der Waals surface area contributed by atoms with Crippen LogP contribution in [0.1, 0.15) is 18.4 Å². The second kappa shape index (κ2) is 6.70. The average molecular weight is 275 g/mol. The zero-order valence-electron chi connectivity index (χ0n) is 11.3. The zero-order chi connectivity index (χ0) is 14.4. The van der Waals surface area contributed by atoms with Gasteiger partial charge in [-0.25, -0.2) is 5.43 Å². The van der Waals surface area contributed by atoms with Gasteiger partial charge in [0, 0.05) is 6.54 Å². The van der Waals surface area contributed by atoms with Crippen LogP contribution in [-0.2, 0) is 9.59 Å². The summed E-state index contributed by atoms with van der Waals surface area (Å²) >= 11 is 0. The SMILES string of the molecule is COc1ccc(/C=N\NC(=O)[C@H]2CCCNC2=O)cc1. The number of nitrogens with one attached hydrogen (secondary N) is 2. The summed E-state index contributed by atoms with van der Waals surface area (Å²) in [5.74, 6) is -0.484. The molecule has 0 aliphatic carbocycles. The predicted octanol–water partition coefficient (Wildman–Crippen LogP) is 0.671. The quantitative estimate of drug-likeness (QED) is 0.481. The maximum absolute atomic E-state index is 11.8. The molecule has 0 unspecified atom stereocenters. The molecule has 1 fully saturated rings. The average Bonchev–Trinajstić information content (AvgIpc) is 2.48. The summed E-state index contributed by atoms with van der Waals surface area (Å²) in [4.78, 5) is 23.3. The Hall–Kier alpha value is -2.37. The molecule has 1 aromatic carbocycles. The molecule has 20 heavy (non-hydrogen) atoms. The van der Waals surface area contributed by atoms with E-state index in [2.05, 4.69) is 15.8 Å². The van der Waals surface area contributed by atoms with Gasteiger partial charge in [0.05, 0.1) is 13.3 Å². The molecule has 6 nitrogen and oxygen atoms in total. The lowest BCUT2D eigenvalue weighted by molar-refractivity contribution is -0.136. The second-order valence-corrected chi connectivity index (χ2v) is 4.49. The van der Waals surface area contributed by atoms with Crippen LogP contribution in [-0.4, -0.2) is 31.7 Å². The Labute approximate surface area is 117 Å². The highest BCUT2D eigenvalue weighted by molar-refractivity contribution is 6.00. The van der Waals surface area contributed by atoms with Gasteiger partial charge in [-0.3, -0.25) is 9.59 Å². The lowest BCUT2D eigenvalue weighted by Gasteiger charge is -2.19. The minimum absolute atomic E-state index is 0.228. The molecule has 0 saturated carbocycles. The van der Waals surface area contributed by atoms with Gasteiger partial charge in [-0.15, -0.1) is 0 Å². The van der Waals surface area contributed by atoms with Crippen LogP contribution in [0, 0.1) is 5.92 Å². The fraction of sp³-hybridized carbons (Fsp3) is 0.357. The molecular weight excluding hydrogens is 258 g/mol. The first-order valence-corrected chi connectivity index (χ1v) is 6.45. The van der Waals surface area contributed by atoms with Crippen LogP contribution < -0.4 is 15.5 Å². The number of carbonyl (C=O) groups is 2. The van der Waals surface area contributed by atoms with Crippen LogP contribution in [0.15, 0.2) is 29.4 Å². The number of piperidine rings is 1. The monoisotopic (exact) mass is 275 g/mol. The number of nitrogens with zero attached hydrogens (tertiary/aromatic N) is 1. The number of benzene rings is 1. The molecule has 0 aromatic heterocycles. The van der Waals surface area contributed by atoms with Gasteiger partial charge in [0.1, 0.15) is 11.7 Å². The number of methoxy groups -OCH3 is 1. The lowest BCUT2D eigenvalue weighted by atomic mass is 9.98. The molecule has 2 N–H and O–H groups in total. The third kappa shape index (κ3) is 3.57. The van der Waals surface area contributed by atoms with E-state index in [1.165, 1.54) is 6.21 Å². The van der Waals surface area contributed by atoms with Crippen LogP contribution in [0.2, 0.25) is 0 Å². The van der Waals surface area contributed by atoms with Crippen LogP contribution in [0.4, 0.5) is 0 Å². The first-order valence-electron chi connectivity index (χ1n) is 6.45. The fourth-order valence-electron chi connectivity index (χ4n) is 1.96. The smallest absolute Gasteiger partial charge is 0.252 e. The van der Waals surface area contributed by atoms with E-state index in [1.54, 1.807) is 19.2 Å². The van der Waals surface area contributed by atoms with Gasteiger partial charge < -0.3 is 10.1 Å². The number of rotatable bonds is 4. The third-order valence-electron chi connectivity index (χ3n) is 3.11. The normalized spacial score (nSPS) is 18.6. The molecule has 1 heterocycles. The molecule has 0 spiro atoms. The highest BCUT2D eigenvalue weighted by Crippen LogP contribution is 2.11. The predicted molar refractivity (Wildman–Crippen MR) is 74.5 cm³/mol. The van der Waals surface area contributed by atoms with Gasteiger partial charge in [-0.05, 0) is 42.7 Å². The summed E-state index contributed by atoms with van der Waals surface area (Å²) in [6.45, 7) is 0.637. The summed E-state index contributed by atoms with van der Waals surface area (Å²) in [7, 11) is 1.60. The Morgan fingerprint density at radius 2 is 2.20 bits per heavy atom. The largest absolute Gasteiger partial charge is 0.497 e. The van der Waals surface area contributed by atoms with E-state index < -0.39 is 5.92 Å². The minimum Gasteiger partial charge on any atom is -0.497 e. The number of amides is 2.